The van der Waals surface area contributed by atoms with Gasteiger partial charge in [-0.2, -0.15) is 0 Å². The molecule has 0 bridgehead atoms. The maximum Gasteiger partial charge on any atom is 0.251 e. The minimum atomic E-state index is -0.0774. The van der Waals surface area contributed by atoms with E-state index in [2.05, 4.69) is 26.1 Å². The van der Waals surface area contributed by atoms with Crippen LogP contribution in [-0.2, 0) is 12.0 Å². The van der Waals surface area contributed by atoms with E-state index >= 15 is 0 Å². The lowest BCUT2D eigenvalue weighted by atomic mass is 9.87. The zero-order valence-electron chi connectivity index (χ0n) is 13.6. The van der Waals surface area contributed by atoms with E-state index in [4.69, 9.17) is 4.74 Å². The molecule has 0 aliphatic carbocycles. The quantitative estimate of drug-likeness (QED) is 0.928. The molecule has 22 heavy (non-hydrogen) atoms. The molecule has 0 spiro atoms. The standard InChI is InChI=1S/C19H23NO2/c1-19(2,3)16-11-9-14(10-12-16)18(21)20-13-15-7-5-6-8-17(15)22-4/h5-12H,13H2,1-4H3,(H,20,21). The first-order valence-electron chi connectivity index (χ1n) is 7.42. The summed E-state index contributed by atoms with van der Waals surface area (Å²) in [7, 11) is 1.63. The topological polar surface area (TPSA) is 38.3 Å². The molecule has 0 radical (unpaired) electrons. The summed E-state index contributed by atoms with van der Waals surface area (Å²) in [6.07, 6.45) is 0. The number of rotatable bonds is 4. The number of carbonyl (C=O) groups excluding carboxylic acids is 1. The molecule has 3 nitrogen and oxygen atoms in total. The molecule has 2 rings (SSSR count). The van der Waals surface area contributed by atoms with E-state index < -0.39 is 0 Å². The van der Waals surface area contributed by atoms with Crippen molar-refractivity contribution in [3.8, 4) is 5.75 Å². The van der Waals surface area contributed by atoms with E-state index in [-0.39, 0.29) is 11.3 Å². The summed E-state index contributed by atoms with van der Waals surface area (Å²) >= 11 is 0. The molecule has 1 amide bonds. The number of para-hydroxylation sites is 1. The van der Waals surface area contributed by atoms with E-state index in [1.807, 2.05) is 48.5 Å². The minimum Gasteiger partial charge on any atom is -0.496 e. The first-order chi connectivity index (χ1) is 10.4. The van der Waals surface area contributed by atoms with Crippen LogP contribution in [0.25, 0.3) is 0 Å². The SMILES string of the molecule is COc1ccccc1CNC(=O)c1ccc(C(C)(C)C)cc1. The van der Waals surface area contributed by atoms with Gasteiger partial charge in [-0.3, -0.25) is 4.79 Å². The van der Waals surface area contributed by atoms with E-state index in [1.54, 1.807) is 7.11 Å². The second-order valence-corrected chi connectivity index (χ2v) is 6.32. The summed E-state index contributed by atoms with van der Waals surface area (Å²) in [6.45, 7) is 6.92. The van der Waals surface area contributed by atoms with Crippen LogP contribution in [0.1, 0.15) is 42.3 Å². The largest absolute Gasteiger partial charge is 0.496 e. The van der Waals surface area contributed by atoms with Crippen molar-refractivity contribution in [2.45, 2.75) is 32.7 Å². The van der Waals surface area contributed by atoms with Gasteiger partial charge < -0.3 is 10.1 Å². The van der Waals surface area contributed by atoms with Gasteiger partial charge in [0.2, 0.25) is 0 Å². The Balaban J connectivity index is 2.03. The van der Waals surface area contributed by atoms with Crippen LogP contribution in [-0.4, -0.2) is 13.0 Å². The average molecular weight is 297 g/mol. The Morgan fingerprint density at radius 3 is 2.27 bits per heavy atom. The van der Waals surface area contributed by atoms with Crippen molar-refractivity contribution in [1.82, 2.24) is 5.32 Å². The predicted molar refractivity (Wildman–Crippen MR) is 89.3 cm³/mol. The van der Waals surface area contributed by atoms with Crippen LogP contribution >= 0.6 is 0 Å². The Morgan fingerprint density at radius 2 is 1.68 bits per heavy atom. The molecule has 0 aromatic heterocycles. The molecule has 0 unspecified atom stereocenters. The molecule has 3 heteroatoms. The van der Waals surface area contributed by atoms with Gasteiger partial charge in [0.05, 0.1) is 7.11 Å². The van der Waals surface area contributed by atoms with Crippen LogP contribution in [0.4, 0.5) is 0 Å². The monoisotopic (exact) mass is 297 g/mol. The van der Waals surface area contributed by atoms with E-state index in [1.165, 1.54) is 5.56 Å². The van der Waals surface area contributed by atoms with Crippen molar-refractivity contribution in [3.05, 3.63) is 65.2 Å². The third-order valence-electron chi connectivity index (χ3n) is 3.65. The van der Waals surface area contributed by atoms with Crippen molar-refractivity contribution < 1.29 is 9.53 Å². The molecule has 0 saturated heterocycles. The highest BCUT2D eigenvalue weighted by Gasteiger charge is 2.14. The van der Waals surface area contributed by atoms with Gasteiger partial charge in [0.25, 0.3) is 5.91 Å². The smallest absolute Gasteiger partial charge is 0.251 e. The highest BCUT2D eigenvalue weighted by molar-refractivity contribution is 5.94. The van der Waals surface area contributed by atoms with Gasteiger partial charge in [-0.25, -0.2) is 0 Å². The molecule has 2 aromatic rings. The van der Waals surface area contributed by atoms with Gasteiger partial charge in [0.15, 0.2) is 0 Å². The number of carbonyl (C=O) groups is 1. The van der Waals surface area contributed by atoms with Crippen molar-refractivity contribution >= 4 is 5.91 Å². The summed E-state index contributed by atoms with van der Waals surface area (Å²) in [5.41, 5.74) is 2.94. The van der Waals surface area contributed by atoms with Crippen LogP contribution < -0.4 is 10.1 Å². The van der Waals surface area contributed by atoms with Gasteiger partial charge in [-0.05, 0) is 29.2 Å². The second-order valence-electron chi connectivity index (χ2n) is 6.32. The lowest BCUT2D eigenvalue weighted by molar-refractivity contribution is 0.0950. The van der Waals surface area contributed by atoms with Crippen LogP contribution in [0.3, 0.4) is 0 Å². The Morgan fingerprint density at radius 1 is 1.05 bits per heavy atom. The maximum atomic E-state index is 12.2. The zero-order chi connectivity index (χ0) is 16.2. The Kier molecular flexibility index (Phi) is 4.86. The number of hydrogen-bond acceptors (Lipinski definition) is 2. The fourth-order valence-corrected chi connectivity index (χ4v) is 2.25. The van der Waals surface area contributed by atoms with Crippen molar-refractivity contribution in [2.75, 3.05) is 7.11 Å². The lowest BCUT2D eigenvalue weighted by Gasteiger charge is -2.19. The molecule has 0 aliphatic rings. The number of amides is 1. The second kappa shape index (κ2) is 6.65. The normalized spacial score (nSPS) is 11.1. The highest BCUT2D eigenvalue weighted by Crippen LogP contribution is 2.22. The van der Waals surface area contributed by atoms with Crippen LogP contribution in [0.2, 0.25) is 0 Å². The molecule has 0 heterocycles. The number of methoxy groups -OCH3 is 1. The Hall–Kier alpha value is -2.29. The molecule has 116 valence electrons. The average Bonchev–Trinajstić information content (AvgIpc) is 2.52. The molecule has 2 aromatic carbocycles. The summed E-state index contributed by atoms with van der Waals surface area (Å²) in [4.78, 5) is 12.2. The molecule has 1 N–H and O–H groups in total. The van der Waals surface area contributed by atoms with Gasteiger partial charge in [0.1, 0.15) is 5.75 Å². The highest BCUT2D eigenvalue weighted by atomic mass is 16.5. The van der Waals surface area contributed by atoms with Crippen LogP contribution in [0, 0.1) is 0 Å². The number of hydrogen-bond donors (Lipinski definition) is 1. The van der Waals surface area contributed by atoms with Gasteiger partial charge in [-0.15, -0.1) is 0 Å². The number of nitrogens with one attached hydrogen (secondary N) is 1. The summed E-state index contributed by atoms with van der Waals surface area (Å²) in [5.74, 6) is 0.706. The third kappa shape index (κ3) is 3.88. The third-order valence-corrected chi connectivity index (χ3v) is 3.65. The maximum absolute atomic E-state index is 12.2. The first kappa shape index (κ1) is 16.1. The van der Waals surface area contributed by atoms with E-state index in [0.29, 0.717) is 12.1 Å². The molecule has 0 aliphatic heterocycles. The number of benzene rings is 2. The predicted octanol–water partition coefficient (Wildman–Crippen LogP) is 3.92. The van der Waals surface area contributed by atoms with Crippen molar-refractivity contribution in [1.29, 1.82) is 0 Å². The van der Waals surface area contributed by atoms with Gasteiger partial charge in [-0.1, -0.05) is 51.1 Å². The van der Waals surface area contributed by atoms with E-state index in [0.717, 1.165) is 11.3 Å². The first-order valence-corrected chi connectivity index (χ1v) is 7.42. The van der Waals surface area contributed by atoms with Crippen molar-refractivity contribution in [3.63, 3.8) is 0 Å². The Labute approximate surface area is 132 Å². The Bertz CT molecular complexity index is 639. The fraction of sp³-hybridized carbons (Fsp3) is 0.316. The minimum absolute atomic E-state index is 0.0774. The summed E-state index contributed by atoms with van der Waals surface area (Å²) in [6, 6.07) is 15.4. The summed E-state index contributed by atoms with van der Waals surface area (Å²) in [5, 5.41) is 2.93. The van der Waals surface area contributed by atoms with Gasteiger partial charge >= 0.3 is 0 Å². The van der Waals surface area contributed by atoms with E-state index in [9.17, 15) is 4.79 Å². The molecule has 0 saturated carbocycles. The molecular formula is C19H23NO2. The molecule has 0 fully saturated rings. The zero-order valence-corrected chi connectivity index (χ0v) is 13.6. The van der Waals surface area contributed by atoms with Crippen LogP contribution in [0.5, 0.6) is 5.75 Å². The summed E-state index contributed by atoms with van der Waals surface area (Å²) < 4.78 is 5.29. The van der Waals surface area contributed by atoms with Crippen molar-refractivity contribution in [2.24, 2.45) is 0 Å². The lowest BCUT2D eigenvalue weighted by Crippen LogP contribution is -2.23. The molecular weight excluding hydrogens is 274 g/mol. The molecule has 0 atom stereocenters. The fourth-order valence-electron chi connectivity index (χ4n) is 2.25. The number of ether oxygens (including phenoxy) is 1. The van der Waals surface area contributed by atoms with Gasteiger partial charge in [0, 0.05) is 17.7 Å². The van der Waals surface area contributed by atoms with Crippen LogP contribution in [0.15, 0.2) is 48.5 Å².